The Balaban J connectivity index is 1.89. The fraction of sp³-hybridized carbons (Fsp3) is 1.00. The van der Waals surface area contributed by atoms with E-state index >= 15 is 0 Å². The highest BCUT2D eigenvalue weighted by molar-refractivity contribution is 4.80. The maximum absolute atomic E-state index is 5.74. The lowest BCUT2D eigenvalue weighted by Crippen LogP contribution is -2.35. The quantitative estimate of drug-likeness (QED) is 0.749. The summed E-state index contributed by atoms with van der Waals surface area (Å²) in [6.45, 7) is 2.14. The van der Waals surface area contributed by atoms with Crippen molar-refractivity contribution in [1.82, 2.24) is 0 Å². The normalized spacial score (nSPS) is 27.2. The third-order valence-electron chi connectivity index (χ3n) is 3.41. The third kappa shape index (κ3) is 2.27. The van der Waals surface area contributed by atoms with E-state index in [2.05, 4.69) is 0 Å². The van der Waals surface area contributed by atoms with E-state index < -0.39 is 0 Å². The fourth-order valence-corrected chi connectivity index (χ4v) is 2.74. The molecule has 2 rings (SSSR count). The smallest absolute Gasteiger partial charge is 0.169 e. The SMILES string of the molecule is NCCC1(CC2CCCC2)OCCO1. The van der Waals surface area contributed by atoms with Crippen molar-refractivity contribution in [3.63, 3.8) is 0 Å². The Kier molecular flexibility index (Phi) is 3.42. The van der Waals surface area contributed by atoms with Crippen LogP contribution in [0.1, 0.15) is 38.5 Å². The molecule has 82 valence electrons. The van der Waals surface area contributed by atoms with Crippen LogP contribution in [0, 0.1) is 5.92 Å². The molecule has 1 heterocycles. The number of hydrogen-bond acceptors (Lipinski definition) is 3. The van der Waals surface area contributed by atoms with Crippen molar-refractivity contribution in [2.45, 2.75) is 44.3 Å². The van der Waals surface area contributed by atoms with Crippen LogP contribution in [0.5, 0.6) is 0 Å². The van der Waals surface area contributed by atoms with Crippen molar-refractivity contribution in [3.8, 4) is 0 Å². The van der Waals surface area contributed by atoms with Crippen LogP contribution in [-0.4, -0.2) is 25.5 Å². The zero-order valence-electron chi connectivity index (χ0n) is 8.84. The van der Waals surface area contributed by atoms with E-state index in [-0.39, 0.29) is 5.79 Å². The number of rotatable bonds is 4. The average Bonchev–Trinajstić information content (AvgIpc) is 2.78. The Morgan fingerprint density at radius 2 is 1.79 bits per heavy atom. The third-order valence-corrected chi connectivity index (χ3v) is 3.41. The molecule has 0 amide bonds. The average molecular weight is 199 g/mol. The van der Waals surface area contributed by atoms with Crippen molar-refractivity contribution >= 4 is 0 Å². The molecule has 1 saturated carbocycles. The van der Waals surface area contributed by atoms with Crippen LogP contribution >= 0.6 is 0 Å². The van der Waals surface area contributed by atoms with Gasteiger partial charge < -0.3 is 15.2 Å². The molecule has 0 unspecified atom stereocenters. The molecule has 1 aliphatic heterocycles. The molecule has 0 aromatic rings. The van der Waals surface area contributed by atoms with Gasteiger partial charge in [0.15, 0.2) is 5.79 Å². The van der Waals surface area contributed by atoms with Crippen LogP contribution in [-0.2, 0) is 9.47 Å². The fourth-order valence-electron chi connectivity index (χ4n) is 2.74. The van der Waals surface area contributed by atoms with Crippen LogP contribution < -0.4 is 5.73 Å². The minimum absolute atomic E-state index is 0.316. The molecular weight excluding hydrogens is 178 g/mol. The first-order valence-corrected chi connectivity index (χ1v) is 5.83. The largest absolute Gasteiger partial charge is 0.347 e. The summed E-state index contributed by atoms with van der Waals surface area (Å²) in [6, 6.07) is 0. The number of ether oxygens (including phenoxy) is 2. The van der Waals surface area contributed by atoms with E-state index in [1.54, 1.807) is 0 Å². The second-order valence-corrected chi connectivity index (χ2v) is 4.50. The van der Waals surface area contributed by atoms with Gasteiger partial charge >= 0.3 is 0 Å². The highest BCUT2D eigenvalue weighted by Crippen LogP contribution is 2.37. The van der Waals surface area contributed by atoms with E-state index in [0.29, 0.717) is 6.54 Å². The summed E-state index contributed by atoms with van der Waals surface area (Å²) in [5.41, 5.74) is 5.61. The van der Waals surface area contributed by atoms with Gasteiger partial charge in [0.2, 0.25) is 0 Å². The van der Waals surface area contributed by atoms with Gasteiger partial charge in [0.25, 0.3) is 0 Å². The van der Waals surface area contributed by atoms with Gasteiger partial charge in [0.05, 0.1) is 13.2 Å². The molecular formula is C11H21NO2. The van der Waals surface area contributed by atoms with Crippen LogP contribution in [0.25, 0.3) is 0 Å². The molecule has 1 saturated heterocycles. The van der Waals surface area contributed by atoms with E-state index in [9.17, 15) is 0 Å². The standard InChI is InChI=1S/C11H21NO2/c12-6-5-11(13-7-8-14-11)9-10-3-1-2-4-10/h10H,1-9,12H2. The Morgan fingerprint density at radius 1 is 1.14 bits per heavy atom. The first-order valence-electron chi connectivity index (χ1n) is 5.83. The van der Waals surface area contributed by atoms with Gasteiger partial charge in [0, 0.05) is 12.8 Å². The number of nitrogens with two attached hydrogens (primary N) is 1. The maximum atomic E-state index is 5.74. The number of hydrogen-bond donors (Lipinski definition) is 1. The van der Waals surface area contributed by atoms with Crippen molar-refractivity contribution in [1.29, 1.82) is 0 Å². The zero-order valence-corrected chi connectivity index (χ0v) is 8.84. The van der Waals surface area contributed by atoms with E-state index in [0.717, 1.165) is 32.0 Å². The highest BCUT2D eigenvalue weighted by Gasteiger charge is 2.38. The molecule has 1 aliphatic carbocycles. The monoisotopic (exact) mass is 199 g/mol. The second-order valence-electron chi connectivity index (χ2n) is 4.50. The molecule has 14 heavy (non-hydrogen) atoms. The summed E-state index contributed by atoms with van der Waals surface area (Å²) in [7, 11) is 0. The molecule has 0 bridgehead atoms. The van der Waals surface area contributed by atoms with Crippen LogP contribution in [0.4, 0.5) is 0 Å². The first kappa shape index (κ1) is 10.4. The highest BCUT2D eigenvalue weighted by atomic mass is 16.7. The minimum Gasteiger partial charge on any atom is -0.347 e. The van der Waals surface area contributed by atoms with Crippen molar-refractivity contribution < 1.29 is 9.47 Å². The molecule has 0 spiro atoms. The lowest BCUT2D eigenvalue weighted by atomic mass is 9.95. The van der Waals surface area contributed by atoms with Crippen molar-refractivity contribution in [3.05, 3.63) is 0 Å². The van der Waals surface area contributed by atoms with Gasteiger partial charge in [-0.2, -0.15) is 0 Å². The van der Waals surface area contributed by atoms with Crippen LogP contribution in [0.3, 0.4) is 0 Å². The second kappa shape index (κ2) is 4.60. The van der Waals surface area contributed by atoms with Crippen molar-refractivity contribution in [2.24, 2.45) is 11.7 Å². The molecule has 2 N–H and O–H groups in total. The van der Waals surface area contributed by atoms with Gasteiger partial charge in [-0.3, -0.25) is 0 Å². The van der Waals surface area contributed by atoms with Crippen molar-refractivity contribution in [2.75, 3.05) is 19.8 Å². The summed E-state index contributed by atoms with van der Waals surface area (Å²) in [5, 5.41) is 0. The van der Waals surface area contributed by atoms with Crippen LogP contribution in [0.2, 0.25) is 0 Å². The van der Waals surface area contributed by atoms with Gasteiger partial charge in [0.1, 0.15) is 0 Å². The van der Waals surface area contributed by atoms with Gasteiger partial charge in [-0.15, -0.1) is 0 Å². The lowest BCUT2D eigenvalue weighted by molar-refractivity contribution is -0.172. The summed E-state index contributed by atoms with van der Waals surface area (Å²) in [4.78, 5) is 0. The molecule has 3 nitrogen and oxygen atoms in total. The zero-order chi connectivity index (χ0) is 9.86. The molecule has 0 atom stereocenters. The van der Waals surface area contributed by atoms with E-state index in [1.165, 1.54) is 25.7 Å². The van der Waals surface area contributed by atoms with Gasteiger partial charge in [-0.1, -0.05) is 25.7 Å². The summed E-state index contributed by atoms with van der Waals surface area (Å²) in [5.74, 6) is 0.490. The molecule has 2 aliphatic rings. The Labute approximate surface area is 85.9 Å². The topological polar surface area (TPSA) is 44.5 Å². The predicted molar refractivity (Wildman–Crippen MR) is 54.9 cm³/mol. The van der Waals surface area contributed by atoms with Gasteiger partial charge in [-0.25, -0.2) is 0 Å². The van der Waals surface area contributed by atoms with Gasteiger partial charge in [-0.05, 0) is 12.5 Å². The molecule has 0 aromatic heterocycles. The van der Waals surface area contributed by atoms with Crippen LogP contribution in [0.15, 0.2) is 0 Å². The molecule has 0 aromatic carbocycles. The predicted octanol–water partition coefficient (Wildman–Crippen LogP) is 1.66. The van der Waals surface area contributed by atoms with E-state index in [4.69, 9.17) is 15.2 Å². The first-order chi connectivity index (χ1) is 6.85. The maximum Gasteiger partial charge on any atom is 0.169 e. The molecule has 2 fully saturated rings. The summed E-state index contributed by atoms with van der Waals surface area (Å²) >= 11 is 0. The lowest BCUT2D eigenvalue weighted by Gasteiger charge is -2.29. The van der Waals surface area contributed by atoms with E-state index in [1.807, 2.05) is 0 Å². The summed E-state index contributed by atoms with van der Waals surface area (Å²) < 4.78 is 11.5. The minimum atomic E-state index is -0.316. The molecule has 0 radical (unpaired) electrons. The Hall–Kier alpha value is -0.120. The Bertz CT molecular complexity index is 172. The summed E-state index contributed by atoms with van der Waals surface area (Å²) in [6.07, 6.45) is 7.36. The molecule has 3 heteroatoms. The Morgan fingerprint density at radius 3 is 2.36 bits per heavy atom.